The van der Waals surface area contributed by atoms with Crippen molar-refractivity contribution in [2.75, 3.05) is 7.11 Å². The Morgan fingerprint density at radius 1 is 1.29 bits per heavy atom. The fourth-order valence-electron chi connectivity index (χ4n) is 1.81. The summed E-state index contributed by atoms with van der Waals surface area (Å²) in [4.78, 5) is 4.10. The van der Waals surface area contributed by atoms with Crippen LogP contribution < -0.4 is 15.2 Å². The summed E-state index contributed by atoms with van der Waals surface area (Å²) in [6, 6.07) is 8.92. The molecule has 6 heteroatoms. The Bertz CT molecular complexity index is 656. The van der Waals surface area contributed by atoms with Gasteiger partial charge in [-0.3, -0.25) is 0 Å². The van der Waals surface area contributed by atoms with E-state index < -0.39 is 0 Å². The number of rotatable bonds is 5. The molecule has 0 unspecified atom stereocenters. The average Bonchev–Trinajstić information content (AvgIpc) is 2.54. The van der Waals surface area contributed by atoms with Gasteiger partial charge in [-0.2, -0.15) is 0 Å². The van der Waals surface area contributed by atoms with Gasteiger partial charge < -0.3 is 20.4 Å². The third-order valence-electron chi connectivity index (χ3n) is 2.99. The number of ether oxygens (including phenoxy) is 2. The molecule has 2 aromatic rings. The second-order valence-corrected chi connectivity index (χ2v) is 4.31. The number of aryl methyl sites for hydroxylation is 1. The Morgan fingerprint density at radius 3 is 2.76 bits per heavy atom. The van der Waals surface area contributed by atoms with Crippen molar-refractivity contribution in [2.24, 2.45) is 10.9 Å². The normalized spacial score (nSPS) is 11.2. The molecule has 110 valence electrons. The summed E-state index contributed by atoms with van der Waals surface area (Å²) in [5, 5.41) is 11.6. The van der Waals surface area contributed by atoms with Crippen molar-refractivity contribution in [3.63, 3.8) is 0 Å². The van der Waals surface area contributed by atoms with Gasteiger partial charge in [0.25, 0.3) is 0 Å². The van der Waals surface area contributed by atoms with E-state index in [4.69, 9.17) is 20.4 Å². The van der Waals surface area contributed by atoms with Crippen molar-refractivity contribution >= 4 is 5.84 Å². The first kappa shape index (κ1) is 14.6. The SMILES string of the molecule is CCc1ccc(Oc2cc(/C(N)=N/O)ccn2)c(OC)c1. The van der Waals surface area contributed by atoms with E-state index in [1.165, 1.54) is 6.20 Å². The zero-order valence-electron chi connectivity index (χ0n) is 11.9. The van der Waals surface area contributed by atoms with Crippen LogP contribution in [0.15, 0.2) is 41.7 Å². The highest BCUT2D eigenvalue weighted by molar-refractivity contribution is 5.97. The second-order valence-electron chi connectivity index (χ2n) is 4.31. The molecule has 3 N–H and O–H groups in total. The molecule has 2 rings (SSSR count). The van der Waals surface area contributed by atoms with Crippen LogP contribution in [0.2, 0.25) is 0 Å². The molecule has 0 radical (unpaired) electrons. The number of nitrogens with zero attached hydrogens (tertiary/aromatic N) is 2. The molecule has 1 aromatic heterocycles. The molecular weight excluding hydrogens is 270 g/mol. The van der Waals surface area contributed by atoms with Crippen LogP contribution in [0.1, 0.15) is 18.1 Å². The number of hydrogen-bond donors (Lipinski definition) is 2. The number of methoxy groups -OCH3 is 1. The molecule has 21 heavy (non-hydrogen) atoms. The van der Waals surface area contributed by atoms with Crippen LogP contribution >= 0.6 is 0 Å². The van der Waals surface area contributed by atoms with Crippen molar-refractivity contribution in [2.45, 2.75) is 13.3 Å². The quantitative estimate of drug-likeness (QED) is 0.382. The number of pyridine rings is 1. The molecule has 0 fully saturated rings. The van der Waals surface area contributed by atoms with Gasteiger partial charge >= 0.3 is 0 Å². The molecule has 0 saturated heterocycles. The van der Waals surface area contributed by atoms with Crippen molar-refractivity contribution in [1.82, 2.24) is 4.98 Å². The molecule has 0 aliphatic rings. The van der Waals surface area contributed by atoms with Gasteiger partial charge in [0, 0.05) is 17.8 Å². The van der Waals surface area contributed by atoms with Gasteiger partial charge in [0.2, 0.25) is 5.88 Å². The summed E-state index contributed by atoms with van der Waals surface area (Å²) in [6.07, 6.45) is 2.43. The molecule has 0 bridgehead atoms. The highest BCUT2D eigenvalue weighted by atomic mass is 16.5. The number of aromatic nitrogens is 1. The maximum Gasteiger partial charge on any atom is 0.220 e. The van der Waals surface area contributed by atoms with Crippen molar-refractivity contribution in [1.29, 1.82) is 0 Å². The molecule has 0 amide bonds. The smallest absolute Gasteiger partial charge is 0.220 e. The minimum Gasteiger partial charge on any atom is -0.493 e. The Hall–Kier alpha value is -2.76. The third-order valence-corrected chi connectivity index (χ3v) is 2.99. The van der Waals surface area contributed by atoms with Gasteiger partial charge in [0.15, 0.2) is 17.3 Å². The standard InChI is InChI=1S/C15H17N3O3/c1-3-10-4-5-12(13(8-10)20-2)21-14-9-11(6-7-17-14)15(16)18-19/h4-9,19H,3H2,1-2H3,(H2,16,18). The highest BCUT2D eigenvalue weighted by Crippen LogP contribution is 2.31. The van der Waals surface area contributed by atoms with Crippen LogP contribution in [0, 0.1) is 0 Å². The van der Waals surface area contributed by atoms with Crippen LogP contribution in [0.5, 0.6) is 17.4 Å². The van der Waals surface area contributed by atoms with Gasteiger partial charge in [-0.1, -0.05) is 18.1 Å². The Balaban J connectivity index is 2.30. The van der Waals surface area contributed by atoms with E-state index in [0.717, 1.165) is 12.0 Å². The molecule has 0 saturated carbocycles. The van der Waals surface area contributed by atoms with E-state index in [1.54, 1.807) is 19.2 Å². The lowest BCUT2D eigenvalue weighted by molar-refractivity contribution is 0.318. The van der Waals surface area contributed by atoms with Gasteiger partial charge in [-0.15, -0.1) is 0 Å². The number of oxime groups is 1. The lowest BCUT2D eigenvalue weighted by atomic mass is 10.1. The fourth-order valence-corrected chi connectivity index (χ4v) is 1.81. The first-order valence-corrected chi connectivity index (χ1v) is 6.46. The van der Waals surface area contributed by atoms with Gasteiger partial charge in [-0.25, -0.2) is 4.98 Å². The van der Waals surface area contributed by atoms with Crippen molar-refractivity contribution < 1.29 is 14.7 Å². The maximum atomic E-state index is 8.69. The molecule has 0 aliphatic heterocycles. The number of benzene rings is 1. The lowest BCUT2D eigenvalue weighted by Gasteiger charge is -2.11. The van der Waals surface area contributed by atoms with Gasteiger partial charge in [0.05, 0.1) is 7.11 Å². The van der Waals surface area contributed by atoms with Crippen LogP contribution in [-0.4, -0.2) is 23.1 Å². The molecule has 0 atom stereocenters. The minimum atomic E-state index is -0.00412. The van der Waals surface area contributed by atoms with E-state index in [-0.39, 0.29) is 5.84 Å². The number of nitrogens with two attached hydrogens (primary N) is 1. The topological polar surface area (TPSA) is 90.0 Å². The number of amidine groups is 1. The third kappa shape index (κ3) is 3.42. The second kappa shape index (κ2) is 6.60. The fraction of sp³-hybridized carbons (Fsp3) is 0.200. The largest absolute Gasteiger partial charge is 0.493 e. The van der Waals surface area contributed by atoms with Crippen molar-refractivity contribution in [3.8, 4) is 17.4 Å². The average molecular weight is 287 g/mol. The summed E-state index contributed by atoms with van der Waals surface area (Å²) >= 11 is 0. The van der Waals surface area contributed by atoms with E-state index in [1.807, 2.05) is 18.2 Å². The zero-order valence-corrected chi connectivity index (χ0v) is 11.9. The Morgan fingerprint density at radius 2 is 2.10 bits per heavy atom. The first-order chi connectivity index (χ1) is 10.2. The Labute approximate surface area is 122 Å². The molecule has 1 aromatic carbocycles. The number of hydrogen-bond acceptors (Lipinski definition) is 5. The first-order valence-electron chi connectivity index (χ1n) is 6.46. The molecule has 1 heterocycles. The molecular formula is C15H17N3O3. The summed E-state index contributed by atoms with van der Waals surface area (Å²) in [5.74, 6) is 1.52. The van der Waals surface area contributed by atoms with E-state index in [9.17, 15) is 0 Å². The molecule has 0 spiro atoms. The summed E-state index contributed by atoms with van der Waals surface area (Å²) in [5.41, 5.74) is 7.21. The Kier molecular flexibility index (Phi) is 4.61. The van der Waals surface area contributed by atoms with Gasteiger partial charge in [-0.05, 0) is 30.2 Å². The summed E-state index contributed by atoms with van der Waals surface area (Å²) < 4.78 is 11.0. The van der Waals surface area contributed by atoms with Crippen LogP contribution in [0.25, 0.3) is 0 Å². The van der Waals surface area contributed by atoms with Crippen molar-refractivity contribution in [3.05, 3.63) is 47.7 Å². The predicted molar refractivity (Wildman–Crippen MR) is 79.2 cm³/mol. The minimum absolute atomic E-state index is 0.00412. The summed E-state index contributed by atoms with van der Waals surface area (Å²) in [7, 11) is 1.59. The maximum absolute atomic E-state index is 8.69. The van der Waals surface area contributed by atoms with Crippen LogP contribution in [-0.2, 0) is 6.42 Å². The molecule has 0 aliphatic carbocycles. The van der Waals surface area contributed by atoms with Crippen LogP contribution in [0.4, 0.5) is 0 Å². The van der Waals surface area contributed by atoms with Crippen LogP contribution in [0.3, 0.4) is 0 Å². The lowest BCUT2D eigenvalue weighted by Crippen LogP contribution is -2.13. The monoisotopic (exact) mass is 287 g/mol. The van der Waals surface area contributed by atoms with E-state index >= 15 is 0 Å². The zero-order chi connectivity index (χ0) is 15.2. The predicted octanol–water partition coefficient (Wildman–Crippen LogP) is 2.54. The molecule has 6 nitrogen and oxygen atoms in total. The van der Waals surface area contributed by atoms with Gasteiger partial charge in [0.1, 0.15) is 0 Å². The van der Waals surface area contributed by atoms with E-state index in [0.29, 0.717) is 22.9 Å². The highest BCUT2D eigenvalue weighted by Gasteiger charge is 2.09. The summed E-state index contributed by atoms with van der Waals surface area (Å²) in [6.45, 7) is 2.07. The van der Waals surface area contributed by atoms with E-state index in [2.05, 4.69) is 17.1 Å².